The summed E-state index contributed by atoms with van der Waals surface area (Å²) >= 11 is 0. The summed E-state index contributed by atoms with van der Waals surface area (Å²) < 4.78 is 2.31. The highest BCUT2D eigenvalue weighted by Crippen LogP contribution is 2.17. The van der Waals surface area contributed by atoms with Crippen molar-refractivity contribution in [2.24, 2.45) is 0 Å². The van der Waals surface area contributed by atoms with Crippen molar-refractivity contribution in [3.8, 4) is 0 Å². The highest BCUT2D eigenvalue weighted by atomic mass is 15.1. The molecular weight excluding hydrogens is 222 g/mol. The van der Waals surface area contributed by atoms with Gasteiger partial charge < -0.3 is 14.8 Å². The third-order valence-corrected chi connectivity index (χ3v) is 3.25. The van der Waals surface area contributed by atoms with E-state index in [1.165, 1.54) is 18.4 Å². The molecule has 1 heterocycles. The predicted molar refractivity (Wildman–Crippen MR) is 78.9 cm³/mol. The van der Waals surface area contributed by atoms with Gasteiger partial charge in [0.05, 0.1) is 0 Å². The van der Waals surface area contributed by atoms with Crippen molar-refractivity contribution in [2.75, 3.05) is 27.2 Å². The van der Waals surface area contributed by atoms with Crippen molar-refractivity contribution in [3.05, 3.63) is 24.0 Å². The van der Waals surface area contributed by atoms with Gasteiger partial charge >= 0.3 is 0 Å². The molecule has 0 aliphatic rings. The zero-order chi connectivity index (χ0) is 13.4. The monoisotopic (exact) mass is 251 g/mol. The third-order valence-electron chi connectivity index (χ3n) is 3.25. The van der Waals surface area contributed by atoms with Gasteiger partial charge in [0.25, 0.3) is 0 Å². The van der Waals surface area contributed by atoms with Crippen LogP contribution in [0.3, 0.4) is 0 Å². The summed E-state index contributed by atoms with van der Waals surface area (Å²) in [4.78, 5) is 2.24. The minimum absolute atomic E-state index is 0.514. The van der Waals surface area contributed by atoms with Gasteiger partial charge in [-0.1, -0.05) is 13.8 Å². The van der Waals surface area contributed by atoms with Crippen molar-refractivity contribution in [2.45, 2.75) is 45.7 Å². The topological polar surface area (TPSA) is 20.2 Å². The van der Waals surface area contributed by atoms with Gasteiger partial charge in [-0.25, -0.2) is 0 Å². The first-order chi connectivity index (χ1) is 8.67. The maximum Gasteiger partial charge on any atom is 0.0332 e. The fourth-order valence-electron chi connectivity index (χ4n) is 2.19. The van der Waals surface area contributed by atoms with E-state index in [2.05, 4.69) is 61.2 Å². The minimum atomic E-state index is 0.514. The standard InChI is InChI=1S/C15H29N3/c1-5-9-16-15(6-2)14-8-12-18(13-14)11-7-10-17(3)4/h8,12-13,15-16H,5-7,9-11H2,1-4H3. The molecule has 104 valence electrons. The first-order valence-electron chi connectivity index (χ1n) is 7.21. The van der Waals surface area contributed by atoms with Crippen LogP contribution in [0.1, 0.15) is 44.7 Å². The Morgan fingerprint density at radius 1 is 1.33 bits per heavy atom. The molecule has 0 radical (unpaired) electrons. The summed E-state index contributed by atoms with van der Waals surface area (Å²) in [7, 11) is 4.26. The summed E-state index contributed by atoms with van der Waals surface area (Å²) in [6, 6.07) is 2.77. The summed E-state index contributed by atoms with van der Waals surface area (Å²) in [5.41, 5.74) is 1.43. The Morgan fingerprint density at radius 3 is 2.72 bits per heavy atom. The quantitative estimate of drug-likeness (QED) is 0.728. The number of nitrogens with one attached hydrogen (secondary N) is 1. The number of aromatic nitrogens is 1. The smallest absolute Gasteiger partial charge is 0.0332 e. The van der Waals surface area contributed by atoms with Crippen molar-refractivity contribution < 1.29 is 0 Å². The summed E-state index contributed by atoms with van der Waals surface area (Å²) in [5.74, 6) is 0. The van der Waals surface area contributed by atoms with Crippen LogP contribution < -0.4 is 5.32 Å². The van der Waals surface area contributed by atoms with Crippen LogP contribution in [0, 0.1) is 0 Å². The van der Waals surface area contributed by atoms with Gasteiger partial charge in [0.15, 0.2) is 0 Å². The van der Waals surface area contributed by atoms with Crippen molar-refractivity contribution in [1.29, 1.82) is 0 Å². The van der Waals surface area contributed by atoms with E-state index in [0.717, 1.165) is 26.1 Å². The zero-order valence-electron chi connectivity index (χ0n) is 12.4. The van der Waals surface area contributed by atoms with E-state index >= 15 is 0 Å². The molecule has 0 saturated heterocycles. The van der Waals surface area contributed by atoms with Crippen LogP contribution >= 0.6 is 0 Å². The first kappa shape index (κ1) is 15.3. The SMILES string of the molecule is CCCNC(CC)c1ccn(CCCN(C)C)c1. The molecule has 0 aliphatic heterocycles. The Morgan fingerprint density at radius 2 is 2.11 bits per heavy atom. The Balaban J connectivity index is 2.45. The van der Waals surface area contributed by atoms with E-state index in [0.29, 0.717) is 6.04 Å². The van der Waals surface area contributed by atoms with Gasteiger partial charge in [-0.2, -0.15) is 0 Å². The molecule has 0 saturated carbocycles. The Bertz CT molecular complexity index is 317. The van der Waals surface area contributed by atoms with Gasteiger partial charge in [-0.3, -0.25) is 0 Å². The zero-order valence-corrected chi connectivity index (χ0v) is 12.4. The van der Waals surface area contributed by atoms with Crippen LogP contribution in [-0.2, 0) is 6.54 Å². The fourth-order valence-corrected chi connectivity index (χ4v) is 2.19. The molecule has 1 unspecified atom stereocenters. The van der Waals surface area contributed by atoms with Crippen LogP contribution in [0.2, 0.25) is 0 Å². The highest BCUT2D eigenvalue weighted by molar-refractivity contribution is 5.15. The number of hydrogen-bond donors (Lipinski definition) is 1. The van der Waals surface area contributed by atoms with Crippen molar-refractivity contribution >= 4 is 0 Å². The molecule has 0 aromatic carbocycles. The molecule has 0 spiro atoms. The Kier molecular flexibility index (Phi) is 7.06. The van der Waals surface area contributed by atoms with Crippen molar-refractivity contribution in [1.82, 2.24) is 14.8 Å². The number of nitrogens with zero attached hydrogens (tertiary/aromatic N) is 2. The van der Waals surface area contributed by atoms with E-state index in [1.54, 1.807) is 0 Å². The lowest BCUT2D eigenvalue weighted by Gasteiger charge is -2.15. The molecule has 1 N–H and O–H groups in total. The van der Waals surface area contributed by atoms with Crippen LogP contribution in [0.15, 0.2) is 18.5 Å². The van der Waals surface area contributed by atoms with E-state index < -0.39 is 0 Å². The van der Waals surface area contributed by atoms with E-state index in [9.17, 15) is 0 Å². The average Bonchev–Trinajstić information content (AvgIpc) is 2.78. The molecule has 0 fully saturated rings. The van der Waals surface area contributed by atoms with Gasteiger partial charge in [-0.15, -0.1) is 0 Å². The molecule has 18 heavy (non-hydrogen) atoms. The Hall–Kier alpha value is -0.800. The van der Waals surface area contributed by atoms with Gasteiger partial charge in [0, 0.05) is 25.0 Å². The molecule has 0 amide bonds. The lowest BCUT2D eigenvalue weighted by molar-refractivity contribution is 0.386. The predicted octanol–water partition coefficient (Wildman–Crippen LogP) is 2.89. The summed E-state index contributed by atoms with van der Waals surface area (Å²) in [5, 5.41) is 3.60. The number of hydrogen-bond acceptors (Lipinski definition) is 2. The molecule has 0 bridgehead atoms. The normalized spacial score (nSPS) is 13.2. The molecule has 1 aromatic heterocycles. The molecule has 0 aliphatic carbocycles. The van der Waals surface area contributed by atoms with E-state index in [1.807, 2.05) is 0 Å². The van der Waals surface area contributed by atoms with Gasteiger partial charge in [0.1, 0.15) is 0 Å². The molecule has 3 nitrogen and oxygen atoms in total. The lowest BCUT2D eigenvalue weighted by atomic mass is 10.1. The van der Waals surface area contributed by atoms with Crippen LogP contribution in [0.4, 0.5) is 0 Å². The third kappa shape index (κ3) is 5.23. The second-order valence-electron chi connectivity index (χ2n) is 5.25. The number of aryl methyl sites for hydroxylation is 1. The fraction of sp³-hybridized carbons (Fsp3) is 0.733. The molecule has 1 rings (SSSR count). The van der Waals surface area contributed by atoms with Gasteiger partial charge in [-0.05, 0) is 58.1 Å². The summed E-state index contributed by atoms with van der Waals surface area (Å²) in [6.45, 7) is 7.83. The highest BCUT2D eigenvalue weighted by Gasteiger charge is 2.09. The molecule has 1 aromatic rings. The minimum Gasteiger partial charge on any atom is -0.354 e. The summed E-state index contributed by atoms with van der Waals surface area (Å²) in [6.07, 6.45) is 8.07. The molecule has 1 atom stereocenters. The van der Waals surface area contributed by atoms with Crippen LogP contribution in [0.5, 0.6) is 0 Å². The maximum absolute atomic E-state index is 3.60. The van der Waals surface area contributed by atoms with E-state index in [4.69, 9.17) is 0 Å². The van der Waals surface area contributed by atoms with Crippen LogP contribution in [0.25, 0.3) is 0 Å². The van der Waals surface area contributed by atoms with Gasteiger partial charge in [0.2, 0.25) is 0 Å². The second-order valence-corrected chi connectivity index (χ2v) is 5.25. The maximum atomic E-state index is 3.60. The molecule has 3 heteroatoms. The van der Waals surface area contributed by atoms with Crippen molar-refractivity contribution in [3.63, 3.8) is 0 Å². The first-order valence-corrected chi connectivity index (χ1v) is 7.21. The largest absolute Gasteiger partial charge is 0.354 e. The molecular formula is C15H29N3. The number of rotatable bonds is 9. The lowest BCUT2D eigenvalue weighted by Crippen LogP contribution is -2.21. The Labute approximate surface area is 112 Å². The average molecular weight is 251 g/mol. The van der Waals surface area contributed by atoms with Crippen LogP contribution in [-0.4, -0.2) is 36.7 Å². The second kappa shape index (κ2) is 8.33. The van der Waals surface area contributed by atoms with E-state index in [-0.39, 0.29) is 0 Å².